The minimum Gasteiger partial charge on any atom is -0.398 e. The van der Waals surface area contributed by atoms with Gasteiger partial charge in [-0.15, -0.1) is 19.7 Å². The monoisotopic (exact) mass is 320 g/mol. The van der Waals surface area contributed by atoms with Crippen molar-refractivity contribution >= 4 is 18.7 Å². The molecular formula is C21H24OSi. The van der Waals surface area contributed by atoms with Gasteiger partial charge in [-0.1, -0.05) is 78.9 Å². The second-order valence-corrected chi connectivity index (χ2v) is 8.98. The van der Waals surface area contributed by atoms with Crippen molar-refractivity contribution in [2.45, 2.75) is 18.6 Å². The molecule has 0 saturated heterocycles. The van der Waals surface area contributed by atoms with Crippen molar-refractivity contribution in [1.29, 1.82) is 0 Å². The summed E-state index contributed by atoms with van der Waals surface area (Å²) < 4.78 is 6.67. The van der Waals surface area contributed by atoms with Gasteiger partial charge in [0.1, 0.15) is 0 Å². The third kappa shape index (κ3) is 3.98. The fourth-order valence-electron chi connectivity index (χ4n) is 2.80. The van der Waals surface area contributed by atoms with Crippen LogP contribution in [-0.2, 0) is 4.43 Å². The summed E-state index contributed by atoms with van der Waals surface area (Å²) in [4.78, 5) is 0. The predicted octanol–water partition coefficient (Wildman–Crippen LogP) is 4.08. The Bertz CT molecular complexity index is 586. The van der Waals surface area contributed by atoms with Gasteiger partial charge in [-0.05, 0) is 22.8 Å². The van der Waals surface area contributed by atoms with E-state index in [9.17, 15) is 0 Å². The Morgan fingerprint density at radius 2 is 1.30 bits per heavy atom. The van der Waals surface area contributed by atoms with E-state index >= 15 is 0 Å². The molecule has 0 N–H and O–H groups in total. The maximum atomic E-state index is 6.67. The number of rotatable bonds is 9. The van der Waals surface area contributed by atoms with Gasteiger partial charge in [0.25, 0.3) is 8.32 Å². The molecule has 0 aliphatic rings. The van der Waals surface area contributed by atoms with Gasteiger partial charge in [-0.25, -0.2) is 0 Å². The molecule has 0 spiro atoms. The molecule has 0 saturated carbocycles. The van der Waals surface area contributed by atoms with Crippen LogP contribution >= 0.6 is 0 Å². The minimum atomic E-state index is -2.39. The Morgan fingerprint density at radius 3 is 1.70 bits per heavy atom. The van der Waals surface area contributed by atoms with E-state index in [2.05, 4.69) is 68.3 Å². The van der Waals surface area contributed by atoms with Crippen molar-refractivity contribution in [2.24, 2.45) is 0 Å². The first-order valence-corrected chi connectivity index (χ1v) is 10.0. The zero-order chi connectivity index (χ0) is 16.5. The first-order chi connectivity index (χ1) is 11.3. The molecule has 2 aromatic carbocycles. The highest BCUT2D eigenvalue weighted by atomic mass is 28.4. The summed E-state index contributed by atoms with van der Waals surface area (Å²) in [6.45, 7) is 11.7. The Balaban J connectivity index is 2.59. The molecule has 0 bridgehead atoms. The van der Waals surface area contributed by atoms with Gasteiger partial charge in [0, 0.05) is 0 Å². The number of hydrogen-bond donors (Lipinski definition) is 0. The summed E-state index contributed by atoms with van der Waals surface area (Å²) >= 11 is 0. The molecule has 2 aromatic rings. The average Bonchev–Trinajstić information content (AvgIpc) is 2.64. The van der Waals surface area contributed by atoms with Crippen LogP contribution < -0.4 is 10.4 Å². The van der Waals surface area contributed by atoms with Gasteiger partial charge in [0.05, 0.1) is 6.10 Å². The SMILES string of the molecule is C=CCC[Si](OC(C=C)C=C)(c1ccccc1)c1ccccc1. The van der Waals surface area contributed by atoms with Crippen molar-refractivity contribution in [3.8, 4) is 0 Å². The lowest BCUT2D eigenvalue weighted by molar-refractivity contribution is 0.294. The van der Waals surface area contributed by atoms with E-state index < -0.39 is 8.32 Å². The van der Waals surface area contributed by atoms with Crippen LogP contribution in [0.3, 0.4) is 0 Å². The first kappa shape index (κ1) is 17.2. The second kappa shape index (κ2) is 8.46. The summed E-state index contributed by atoms with van der Waals surface area (Å²) in [5.41, 5.74) is 0. The summed E-state index contributed by atoms with van der Waals surface area (Å²) in [6.07, 6.45) is 6.35. The maximum Gasteiger partial charge on any atom is 0.257 e. The molecule has 0 aromatic heterocycles. The molecule has 118 valence electrons. The molecule has 0 aliphatic carbocycles. The highest BCUT2D eigenvalue weighted by Gasteiger charge is 2.40. The topological polar surface area (TPSA) is 9.23 Å². The van der Waals surface area contributed by atoms with Crippen molar-refractivity contribution in [3.63, 3.8) is 0 Å². The summed E-state index contributed by atoms with van der Waals surface area (Å²) in [7, 11) is -2.39. The first-order valence-electron chi connectivity index (χ1n) is 7.91. The highest BCUT2D eigenvalue weighted by molar-refractivity contribution is 6.97. The molecule has 23 heavy (non-hydrogen) atoms. The van der Waals surface area contributed by atoms with Gasteiger partial charge in [0.2, 0.25) is 0 Å². The number of benzene rings is 2. The van der Waals surface area contributed by atoms with Crippen molar-refractivity contribution < 1.29 is 4.43 Å². The number of allylic oxidation sites excluding steroid dienone is 1. The Labute approximate surface area is 140 Å². The maximum absolute atomic E-state index is 6.67. The lowest BCUT2D eigenvalue weighted by atomic mass is 10.4. The molecular weight excluding hydrogens is 296 g/mol. The zero-order valence-corrected chi connectivity index (χ0v) is 14.5. The van der Waals surface area contributed by atoms with Gasteiger partial charge < -0.3 is 4.43 Å². The van der Waals surface area contributed by atoms with E-state index in [-0.39, 0.29) is 6.10 Å². The van der Waals surface area contributed by atoms with Crippen molar-refractivity contribution in [1.82, 2.24) is 0 Å². The average molecular weight is 321 g/mol. The van der Waals surface area contributed by atoms with E-state index in [0.717, 1.165) is 12.5 Å². The van der Waals surface area contributed by atoms with Crippen molar-refractivity contribution in [2.75, 3.05) is 0 Å². The van der Waals surface area contributed by atoms with Gasteiger partial charge in [0.15, 0.2) is 0 Å². The second-order valence-electron chi connectivity index (χ2n) is 5.44. The molecule has 0 aliphatic heterocycles. The van der Waals surface area contributed by atoms with E-state index in [1.54, 1.807) is 0 Å². The third-order valence-corrected chi connectivity index (χ3v) is 8.18. The normalized spacial score (nSPS) is 11.2. The summed E-state index contributed by atoms with van der Waals surface area (Å²) in [5, 5.41) is 2.53. The standard InChI is InChI=1S/C21H24OSi/c1-4-7-18-23(22-19(5-2)6-3,20-14-10-8-11-15-20)21-16-12-9-13-17-21/h4-6,8-17,19H,1-3,7,18H2. The van der Waals surface area contributed by atoms with E-state index in [1.165, 1.54) is 10.4 Å². The van der Waals surface area contributed by atoms with Crippen LogP contribution in [0.1, 0.15) is 6.42 Å². The minimum absolute atomic E-state index is 0.160. The van der Waals surface area contributed by atoms with E-state index in [4.69, 9.17) is 4.43 Å². The van der Waals surface area contributed by atoms with E-state index in [1.807, 2.05) is 30.4 Å². The quantitative estimate of drug-likeness (QED) is 0.500. The summed E-state index contributed by atoms with van der Waals surface area (Å²) in [6, 6.07) is 22.0. The molecule has 2 rings (SSSR count). The fourth-order valence-corrected chi connectivity index (χ4v) is 6.83. The van der Waals surface area contributed by atoms with Crippen LogP contribution in [0.4, 0.5) is 0 Å². The molecule has 2 heteroatoms. The molecule has 0 amide bonds. The lowest BCUT2D eigenvalue weighted by Gasteiger charge is -2.34. The predicted molar refractivity (Wildman–Crippen MR) is 103 cm³/mol. The van der Waals surface area contributed by atoms with Gasteiger partial charge >= 0.3 is 0 Å². The van der Waals surface area contributed by atoms with Crippen LogP contribution in [0.5, 0.6) is 0 Å². The van der Waals surface area contributed by atoms with Gasteiger partial charge in [-0.3, -0.25) is 0 Å². The molecule has 0 fully saturated rings. The van der Waals surface area contributed by atoms with Gasteiger partial charge in [-0.2, -0.15) is 0 Å². The molecule has 0 heterocycles. The lowest BCUT2D eigenvalue weighted by Crippen LogP contribution is -2.61. The van der Waals surface area contributed by atoms with Crippen LogP contribution in [-0.4, -0.2) is 14.4 Å². The Hall–Kier alpha value is -2.16. The van der Waals surface area contributed by atoms with Crippen LogP contribution in [0.15, 0.2) is 98.6 Å². The fraction of sp³-hybridized carbons (Fsp3) is 0.143. The zero-order valence-electron chi connectivity index (χ0n) is 13.5. The molecule has 0 atom stereocenters. The Morgan fingerprint density at radius 1 is 0.826 bits per heavy atom. The molecule has 0 radical (unpaired) electrons. The van der Waals surface area contributed by atoms with Crippen molar-refractivity contribution in [3.05, 3.63) is 98.6 Å². The Kier molecular flexibility index (Phi) is 6.33. The summed E-state index contributed by atoms with van der Waals surface area (Å²) in [5.74, 6) is 0. The van der Waals surface area contributed by atoms with Crippen LogP contribution in [0.2, 0.25) is 6.04 Å². The molecule has 1 nitrogen and oxygen atoms in total. The van der Waals surface area contributed by atoms with Crippen LogP contribution in [0, 0.1) is 0 Å². The van der Waals surface area contributed by atoms with Crippen LogP contribution in [0.25, 0.3) is 0 Å². The highest BCUT2D eigenvalue weighted by Crippen LogP contribution is 2.19. The number of hydrogen-bond acceptors (Lipinski definition) is 1. The molecule has 0 unspecified atom stereocenters. The largest absolute Gasteiger partial charge is 0.398 e. The smallest absolute Gasteiger partial charge is 0.257 e. The van der Waals surface area contributed by atoms with E-state index in [0.29, 0.717) is 0 Å². The third-order valence-electron chi connectivity index (χ3n) is 3.98.